The van der Waals surface area contributed by atoms with Gasteiger partial charge in [-0.2, -0.15) is 0 Å². The number of nitrogens with zero attached hydrogens (tertiary/aromatic N) is 4. The predicted molar refractivity (Wildman–Crippen MR) is 130 cm³/mol. The molecule has 1 aromatic heterocycles. The van der Waals surface area contributed by atoms with Crippen LogP contribution in [0.25, 0.3) is 10.2 Å². The highest BCUT2D eigenvalue weighted by Crippen LogP contribution is 2.38. The van der Waals surface area contributed by atoms with Crippen LogP contribution >= 0.6 is 11.3 Å². The normalized spacial score (nSPS) is 18.4. The summed E-state index contributed by atoms with van der Waals surface area (Å²) in [4.78, 5) is 48.0. The molecule has 176 valence electrons. The summed E-state index contributed by atoms with van der Waals surface area (Å²) in [6.45, 7) is 2.09. The number of fused-ring (bicyclic) bond motifs is 1. The Morgan fingerprint density at radius 2 is 1.74 bits per heavy atom. The molecule has 2 aliphatic rings. The molecule has 9 heteroatoms. The number of para-hydroxylation sites is 1. The van der Waals surface area contributed by atoms with Crippen LogP contribution in [-0.2, 0) is 22.6 Å². The van der Waals surface area contributed by atoms with Crippen molar-refractivity contribution in [1.29, 1.82) is 0 Å². The number of nitrogens with two attached hydrogens (primary N) is 1. The van der Waals surface area contributed by atoms with E-state index >= 15 is 0 Å². The van der Waals surface area contributed by atoms with Crippen molar-refractivity contribution in [3.63, 3.8) is 0 Å². The molecule has 0 aliphatic carbocycles. The highest BCUT2D eigenvalue weighted by Gasteiger charge is 2.57. The largest absolute Gasteiger partial charge is 0.368 e. The van der Waals surface area contributed by atoms with Gasteiger partial charge in [-0.15, -0.1) is 11.3 Å². The Labute approximate surface area is 202 Å². The Kier molecular flexibility index (Phi) is 6.05. The van der Waals surface area contributed by atoms with Crippen molar-refractivity contribution in [3.8, 4) is 0 Å². The van der Waals surface area contributed by atoms with Crippen LogP contribution in [0.3, 0.4) is 0 Å². The number of likely N-dealkylation sites (tertiary alicyclic amines) is 1. The molecule has 0 unspecified atom stereocenters. The monoisotopic (exact) mass is 477 g/mol. The average Bonchev–Trinajstić information content (AvgIpc) is 3.32. The minimum Gasteiger partial charge on any atom is -0.368 e. The van der Waals surface area contributed by atoms with E-state index in [2.05, 4.69) is 11.0 Å². The van der Waals surface area contributed by atoms with Gasteiger partial charge in [-0.25, -0.2) is 9.78 Å². The summed E-state index contributed by atoms with van der Waals surface area (Å²) in [6.07, 6.45) is 1.68. The highest BCUT2D eigenvalue weighted by atomic mass is 32.1. The van der Waals surface area contributed by atoms with E-state index in [1.54, 1.807) is 16.2 Å². The molecule has 34 heavy (non-hydrogen) atoms. The second-order valence-corrected chi connectivity index (χ2v) is 10.0. The summed E-state index contributed by atoms with van der Waals surface area (Å²) >= 11 is 1.69. The molecule has 3 aromatic rings. The lowest BCUT2D eigenvalue weighted by molar-refractivity contribution is -0.137. The number of amides is 4. The zero-order valence-corrected chi connectivity index (χ0v) is 19.7. The van der Waals surface area contributed by atoms with Crippen LogP contribution < -0.4 is 5.73 Å². The molecule has 0 radical (unpaired) electrons. The lowest BCUT2D eigenvalue weighted by Gasteiger charge is -2.42. The molecule has 2 saturated heterocycles. The van der Waals surface area contributed by atoms with E-state index in [4.69, 9.17) is 10.7 Å². The molecule has 2 fully saturated rings. The van der Waals surface area contributed by atoms with Crippen molar-refractivity contribution in [2.24, 2.45) is 5.73 Å². The maximum Gasteiger partial charge on any atom is 0.328 e. The van der Waals surface area contributed by atoms with Crippen LogP contribution in [-0.4, -0.2) is 69.2 Å². The van der Waals surface area contributed by atoms with Crippen molar-refractivity contribution >= 4 is 39.4 Å². The van der Waals surface area contributed by atoms with Crippen LogP contribution in [0.4, 0.5) is 4.79 Å². The molecule has 3 heterocycles. The van der Waals surface area contributed by atoms with Gasteiger partial charge in [-0.3, -0.25) is 19.4 Å². The fourth-order valence-electron chi connectivity index (χ4n) is 5.02. The lowest BCUT2D eigenvalue weighted by Crippen LogP contribution is -2.56. The van der Waals surface area contributed by atoms with Gasteiger partial charge in [0.1, 0.15) is 17.1 Å². The number of thiazole rings is 1. The molecule has 4 amide bonds. The molecular weight excluding hydrogens is 450 g/mol. The zero-order valence-electron chi connectivity index (χ0n) is 18.9. The third-order valence-corrected chi connectivity index (χ3v) is 7.80. The Morgan fingerprint density at radius 3 is 2.44 bits per heavy atom. The molecule has 8 nitrogen and oxygen atoms in total. The SMILES string of the molecule is NC(=O)CN1C(=O)N(CCc2ccccc2)C2(CCN(Cc3nc4ccccc4s3)CC2)C1=O. The van der Waals surface area contributed by atoms with Gasteiger partial charge in [0, 0.05) is 19.6 Å². The van der Waals surface area contributed by atoms with Gasteiger partial charge >= 0.3 is 6.03 Å². The Hall–Kier alpha value is -3.30. The van der Waals surface area contributed by atoms with Gasteiger partial charge in [-0.05, 0) is 37.0 Å². The van der Waals surface area contributed by atoms with E-state index in [-0.39, 0.29) is 12.5 Å². The van der Waals surface area contributed by atoms with Crippen LogP contribution in [0.5, 0.6) is 0 Å². The summed E-state index contributed by atoms with van der Waals surface area (Å²) in [5.41, 5.74) is 6.52. The maximum atomic E-state index is 13.5. The number of piperidine rings is 1. The third kappa shape index (κ3) is 4.17. The topological polar surface area (TPSA) is 99.8 Å². The number of rotatable bonds is 7. The van der Waals surface area contributed by atoms with Crippen molar-refractivity contribution in [3.05, 3.63) is 65.2 Å². The smallest absolute Gasteiger partial charge is 0.328 e. The summed E-state index contributed by atoms with van der Waals surface area (Å²) < 4.78 is 1.16. The molecule has 0 atom stereocenters. The van der Waals surface area contributed by atoms with Crippen molar-refractivity contribution < 1.29 is 14.4 Å². The predicted octanol–water partition coefficient (Wildman–Crippen LogP) is 2.62. The number of carbonyl (C=O) groups is 3. The minimum atomic E-state index is -0.925. The lowest BCUT2D eigenvalue weighted by atomic mass is 9.85. The van der Waals surface area contributed by atoms with Gasteiger partial charge in [0.05, 0.1) is 16.8 Å². The number of urea groups is 1. The molecule has 1 spiro atoms. The first-order valence-electron chi connectivity index (χ1n) is 11.5. The second-order valence-electron chi connectivity index (χ2n) is 8.91. The van der Waals surface area contributed by atoms with E-state index < -0.39 is 17.5 Å². The van der Waals surface area contributed by atoms with E-state index in [0.717, 1.165) is 25.7 Å². The minimum absolute atomic E-state index is 0.302. The molecule has 2 aromatic carbocycles. The summed E-state index contributed by atoms with van der Waals surface area (Å²) in [7, 11) is 0. The fraction of sp³-hybridized carbons (Fsp3) is 0.360. The van der Waals surface area contributed by atoms with Gasteiger partial charge in [0.15, 0.2) is 0 Å². The average molecular weight is 478 g/mol. The Morgan fingerprint density at radius 1 is 1.03 bits per heavy atom. The number of aromatic nitrogens is 1. The first-order chi connectivity index (χ1) is 16.5. The molecule has 2 aliphatic heterocycles. The number of hydrogen-bond acceptors (Lipinski definition) is 6. The first-order valence-corrected chi connectivity index (χ1v) is 12.3. The van der Waals surface area contributed by atoms with Crippen LogP contribution in [0.1, 0.15) is 23.4 Å². The number of hydrogen-bond donors (Lipinski definition) is 1. The number of primary amides is 1. The zero-order chi connectivity index (χ0) is 23.7. The third-order valence-electron chi connectivity index (χ3n) is 6.78. The van der Waals surface area contributed by atoms with Gasteiger partial charge in [0.25, 0.3) is 5.91 Å². The van der Waals surface area contributed by atoms with Crippen molar-refractivity contribution in [1.82, 2.24) is 19.7 Å². The molecule has 0 saturated carbocycles. The van der Waals surface area contributed by atoms with E-state index in [0.29, 0.717) is 45.4 Å². The number of carbonyl (C=O) groups excluding carboxylic acids is 3. The van der Waals surface area contributed by atoms with Gasteiger partial charge in [0.2, 0.25) is 5.91 Å². The molecule has 2 N–H and O–H groups in total. The van der Waals surface area contributed by atoms with Crippen molar-refractivity contribution in [2.45, 2.75) is 31.3 Å². The number of imide groups is 1. The standard InChI is InChI=1S/C25H27N5O3S/c26-21(31)16-29-23(32)25(30(24(29)33)13-10-18-6-2-1-3-7-18)11-14-28(15-12-25)17-22-27-19-8-4-5-9-20(19)34-22/h1-9H,10-17H2,(H2,26,31). The Balaban J connectivity index is 1.32. The molecule has 0 bridgehead atoms. The number of benzene rings is 2. The summed E-state index contributed by atoms with van der Waals surface area (Å²) in [5, 5.41) is 1.04. The van der Waals surface area contributed by atoms with E-state index in [9.17, 15) is 14.4 Å². The van der Waals surface area contributed by atoms with Gasteiger partial charge in [-0.1, -0.05) is 42.5 Å². The van der Waals surface area contributed by atoms with E-state index in [1.807, 2.05) is 48.5 Å². The first kappa shape index (κ1) is 22.5. The quantitative estimate of drug-likeness (QED) is 0.528. The van der Waals surface area contributed by atoms with Crippen LogP contribution in [0.15, 0.2) is 54.6 Å². The Bertz CT molecular complexity index is 1190. The van der Waals surface area contributed by atoms with E-state index in [1.165, 1.54) is 0 Å². The fourth-order valence-corrected chi connectivity index (χ4v) is 6.03. The van der Waals surface area contributed by atoms with Crippen LogP contribution in [0, 0.1) is 0 Å². The maximum absolute atomic E-state index is 13.5. The molecular formula is C25H27N5O3S. The van der Waals surface area contributed by atoms with Crippen LogP contribution in [0.2, 0.25) is 0 Å². The van der Waals surface area contributed by atoms with Crippen molar-refractivity contribution in [2.75, 3.05) is 26.2 Å². The second kappa shape index (κ2) is 9.15. The van der Waals surface area contributed by atoms with Gasteiger partial charge < -0.3 is 10.6 Å². The molecule has 5 rings (SSSR count). The highest BCUT2D eigenvalue weighted by molar-refractivity contribution is 7.18. The summed E-state index contributed by atoms with van der Waals surface area (Å²) in [6, 6.07) is 17.6. The summed E-state index contributed by atoms with van der Waals surface area (Å²) in [5.74, 6) is -0.987.